The minimum atomic E-state index is 0.943. The molecular weight excluding hydrogens is 170 g/mol. The van der Waals surface area contributed by atoms with Gasteiger partial charge in [-0.25, -0.2) is 0 Å². The zero-order chi connectivity index (χ0) is 9.80. The first-order valence-electron chi connectivity index (χ1n) is 4.53. The Morgan fingerprint density at radius 1 is 0.786 bits per heavy atom. The molecule has 0 unspecified atom stereocenters. The van der Waals surface area contributed by atoms with Gasteiger partial charge in [-0.15, -0.1) is 0 Å². The van der Waals surface area contributed by atoms with Gasteiger partial charge in [0.1, 0.15) is 0 Å². The maximum atomic E-state index is 5.44. The maximum Gasteiger partial charge on any atom is 0.0705 e. The van der Waals surface area contributed by atoms with Crippen molar-refractivity contribution in [1.82, 2.24) is 0 Å². The molecule has 0 spiro atoms. The molecule has 0 aromatic heterocycles. The summed E-state index contributed by atoms with van der Waals surface area (Å²) in [5, 5.41) is 2.69. The Labute approximate surface area is 84.4 Å². The minimum absolute atomic E-state index is 0.943. The molecule has 14 heavy (non-hydrogen) atoms. The lowest BCUT2D eigenvalue weighted by Gasteiger charge is -2.07. The molecule has 0 aliphatic carbocycles. The number of para-hydroxylation sites is 1. The van der Waals surface area contributed by atoms with Crippen LogP contribution in [0.15, 0.2) is 54.6 Å². The number of benzene rings is 2. The van der Waals surface area contributed by atoms with Crippen molar-refractivity contribution in [3.05, 3.63) is 61.6 Å². The van der Waals surface area contributed by atoms with Gasteiger partial charge in [0.15, 0.2) is 0 Å². The van der Waals surface area contributed by atoms with E-state index in [9.17, 15) is 0 Å². The van der Waals surface area contributed by atoms with Crippen molar-refractivity contribution in [3.8, 4) is 11.1 Å². The highest BCUT2D eigenvalue weighted by atomic mass is 14.8. The quantitative estimate of drug-likeness (QED) is 0.700. The average molecular weight is 181 g/mol. The van der Waals surface area contributed by atoms with E-state index in [1.807, 2.05) is 42.5 Å². The fourth-order valence-corrected chi connectivity index (χ4v) is 1.48. The first-order chi connectivity index (χ1) is 6.92. The second kappa shape index (κ2) is 3.97. The number of rotatable bonds is 2. The lowest BCUT2D eigenvalue weighted by molar-refractivity contribution is 1.56. The molecule has 2 rings (SSSR count). The molecule has 1 N–H and O–H groups in total. The molecule has 2 radical (unpaired) electrons. The highest BCUT2D eigenvalue weighted by Gasteiger charge is 2.00. The molecule has 0 saturated heterocycles. The molecule has 0 atom stereocenters. The van der Waals surface area contributed by atoms with Crippen LogP contribution in [0.5, 0.6) is 0 Å². The number of hydrogen-bond acceptors (Lipinski definition) is 1. The van der Waals surface area contributed by atoms with Crippen molar-refractivity contribution >= 4 is 5.69 Å². The first-order valence-corrected chi connectivity index (χ1v) is 4.53. The zero-order valence-electron chi connectivity index (χ0n) is 7.77. The third-order valence-electron chi connectivity index (χ3n) is 2.17. The summed E-state index contributed by atoms with van der Waals surface area (Å²) < 4.78 is 0. The standard InChI is InChI=1S/C13H11N/c1-14-13-10-6-5-9-12(13)11-7-3-2-4-8-11/h1-10,14H. The predicted molar refractivity (Wildman–Crippen MR) is 59.8 cm³/mol. The van der Waals surface area contributed by atoms with Gasteiger partial charge in [-0.3, -0.25) is 0 Å². The second-order valence-electron chi connectivity index (χ2n) is 3.06. The van der Waals surface area contributed by atoms with Gasteiger partial charge in [0.2, 0.25) is 0 Å². The van der Waals surface area contributed by atoms with E-state index in [4.69, 9.17) is 7.05 Å². The van der Waals surface area contributed by atoms with Crippen LogP contribution in [0, 0.1) is 7.05 Å². The Bertz CT molecular complexity index is 407. The summed E-state index contributed by atoms with van der Waals surface area (Å²) in [5.41, 5.74) is 3.23. The van der Waals surface area contributed by atoms with Gasteiger partial charge in [-0.1, -0.05) is 48.5 Å². The Kier molecular flexibility index (Phi) is 2.50. The van der Waals surface area contributed by atoms with Gasteiger partial charge in [-0.05, 0) is 11.6 Å². The molecule has 0 aliphatic heterocycles. The summed E-state index contributed by atoms with van der Waals surface area (Å²) in [6, 6.07) is 18.1. The van der Waals surface area contributed by atoms with E-state index in [1.54, 1.807) is 0 Å². The Hall–Kier alpha value is -1.76. The van der Waals surface area contributed by atoms with Crippen molar-refractivity contribution in [3.63, 3.8) is 0 Å². The molecule has 1 heteroatoms. The van der Waals surface area contributed by atoms with Crippen LogP contribution in [0.25, 0.3) is 11.1 Å². The van der Waals surface area contributed by atoms with Crippen molar-refractivity contribution in [2.24, 2.45) is 0 Å². The molecule has 2 aromatic carbocycles. The fourth-order valence-electron chi connectivity index (χ4n) is 1.48. The van der Waals surface area contributed by atoms with Gasteiger partial charge in [0, 0.05) is 11.3 Å². The molecule has 1 nitrogen and oxygen atoms in total. The van der Waals surface area contributed by atoms with E-state index in [2.05, 4.69) is 17.4 Å². The van der Waals surface area contributed by atoms with Crippen molar-refractivity contribution in [2.75, 3.05) is 5.32 Å². The van der Waals surface area contributed by atoms with Crippen LogP contribution in [-0.4, -0.2) is 0 Å². The largest absolute Gasteiger partial charge is 0.377 e. The lowest BCUT2D eigenvalue weighted by atomic mass is 10.0. The summed E-state index contributed by atoms with van der Waals surface area (Å²) in [4.78, 5) is 0. The van der Waals surface area contributed by atoms with Crippen molar-refractivity contribution in [1.29, 1.82) is 0 Å². The number of hydrogen-bond donors (Lipinski definition) is 1. The maximum absolute atomic E-state index is 5.44. The summed E-state index contributed by atoms with van der Waals surface area (Å²) in [7, 11) is 5.44. The molecule has 0 bridgehead atoms. The normalized spacial score (nSPS) is 9.79. The van der Waals surface area contributed by atoms with Crippen LogP contribution in [-0.2, 0) is 0 Å². The molecule has 2 aromatic rings. The predicted octanol–water partition coefficient (Wildman–Crippen LogP) is 3.43. The molecule has 0 fully saturated rings. The zero-order valence-corrected chi connectivity index (χ0v) is 7.77. The van der Waals surface area contributed by atoms with Gasteiger partial charge in [0.25, 0.3) is 0 Å². The number of anilines is 1. The summed E-state index contributed by atoms with van der Waals surface area (Å²) in [5.74, 6) is 0. The monoisotopic (exact) mass is 181 g/mol. The Morgan fingerprint density at radius 3 is 2.14 bits per heavy atom. The molecule has 0 saturated carbocycles. The van der Waals surface area contributed by atoms with Crippen LogP contribution in [0.4, 0.5) is 5.69 Å². The van der Waals surface area contributed by atoms with Crippen LogP contribution in [0.3, 0.4) is 0 Å². The highest BCUT2D eigenvalue weighted by molar-refractivity contribution is 5.77. The average Bonchev–Trinajstić information content (AvgIpc) is 2.30. The molecule has 0 aliphatic rings. The van der Waals surface area contributed by atoms with Gasteiger partial charge < -0.3 is 5.32 Å². The smallest absolute Gasteiger partial charge is 0.0705 e. The Morgan fingerprint density at radius 2 is 1.43 bits per heavy atom. The number of nitrogens with one attached hydrogen (secondary N) is 1. The topological polar surface area (TPSA) is 12.0 Å². The van der Waals surface area contributed by atoms with Crippen molar-refractivity contribution in [2.45, 2.75) is 0 Å². The molecule has 0 heterocycles. The minimum Gasteiger partial charge on any atom is -0.377 e. The summed E-state index contributed by atoms with van der Waals surface area (Å²) in [6.07, 6.45) is 0. The van der Waals surface area contributed by atoms with E-state index < -0.39 is 0 Å². The van der Waals surface area contributed by atoms with Crippen LogP contribution in [0.2, 0.25) is 0 Å². The van der Waals surface area contributed by atoms with Crippen LogP contribution in [0.1, 0.15) is 0 Å². The van der Waals surface area contributed by atoms with Crippen LogP contribution >= 0.6 is 0 Å². The SMILES string of the molecule is [CH]Nc1ccccc1-c1ccccc1. The van der Waals surface area contributed by atoms with E-state index in [0.717, 1.165) is 11.3 Å². The summed E-state index contributed by atoms with van der Waals surface area (Å²) >= 11 is 0. The highest BCUT2D eigenvalue weighted by Crippen LogP contribution is 2.26. The molecule has 68 valence electrons. The van der Waals surface area contributed by atoms with E-state index in [0.29, 0.717) is 0 Å². The van der Waals surface area contributed by atoms with Crippen molar-refractivity contribution < 1.29 is 0 Å². The molecule has 0 amide bonds. The molecular formula is C13H11N. The van der Waals surface area contributed by atoms with Gasteiger partial charge in [0.05, 0.1) is 7.05 Å². The Balaban J connectivity index is 2.51. The van der Waals surface area contributed by atoms with E-state index in [1.165, 1.54) is 5.56 Å². The van der Waals surface area contributed by atoms with Gasteiger partial charge in [-0.2, -0.15) is 0 Å². The van der Waals surface area contributed by atoms with Gasteiger partial charge >= 0.3 is 0 Å². The fraction of sp³-hybridized carbons (Fsp3) is 0. The van der Waals surface area contributed by atoms with E-state index in [-0.39, 0.29) is 0 Å². The van der Waals surface area contributed by atoms with E-state index >= 15 is 0 Å². The lowest BCUT2D eigenvalue weighted by Crippen LogP contribution is -1.88. The first kappa shape index (κ1) is 8.82. The third kappa shape index (κ3) is 1.62. The third-order valence-corrected chi connectivity index (χ3v) is 2.17. The second-order valence-corrected chi connectivity index (χ2v) is 3.06. The summed E-state index contributed by atoms with van der Waals surface area (Å²) in [6.45, 7) is 0. The van der Waals surface area contributed by atoms with Crippen LogP contribution < -0.4 is 5.32 Å².